The van der Waals surface area contributed by atoms with Gasteiger partial charge in [0.05, 0.1) is 12.0 Å². The Bertz CT molecular complexity index is 710. The first-order valence-corrected chi connectivity index (χ1v) is 5.79. The molecule has 0 aliphatic rings. The Hall–Kier alpha value is -2.20. The van der Waals surface area contributed by atoms with Gasteiger partial charge in [-0.2, -0.15) is 0 Å². The number of fused-ring (bicyclic) bond motifs is 1. The fraction of sp³-hybridized carbons (Fsp3) is 0.143. The van der Waals surface area contributed by atoms with Crippen molar-refractivity contribution in [3.05, 3.63) is 41.8 Å². The van der Waals surface area contributed by atoms with E-state index >= 15 is 0 Å². The number of rotatable bonds is 2. The van der Waals surface area contributed by atoms with Crippen molar-refractivity contribution in [2.24, 2.45) is 5.73 Å². The van der Waals surface area contributed by atoms with E-state index in [0.717, 1.165) is 27.8 Å². The predicted octanol–water partition coefficient (Wildman–Crippen LogP) is 2.90. The number of H-pyrrole nitrogens is 1. The number of nitrogens with one attached hydrogen (secondary N) is 1. The highest BCUT2D eigenvalue weighted by Gasteiger charge is 2.14. The van der Waals surface area contributed by atoms with E-state index in [0.29, 0.717) is 12.2 Å². The zero-order valence-corrected chi connectivity index (χ0v) is 10.0. The molecule has 3 rings (SSSR count). The van der Waals surface area contributed by atoms with E-state index < -0.39 is 0 Å². The molecule has 0 radical (unpaired) electrons. The maximum atomic E-state index is 10.2. The van der Waals surface area contributed by atoms with Crippen LogP contribution in [0.4, 0.5) is 0 Å². The van der Waals surface area contributed by atoms with Crippen molar-refractivity contribution in [1.29, 1.82) is 0 Å². The number of aromatic amines is 1. The van der Waals surface area contributed by atoms with Gasteiger partial charge < -0.3 is 20.2 Å². The fourth-order valence-electron chi connectivity index (χ4n) is 2.23. The molecule has 0 fully saturated rings. The SMILES string of the molecule is Cc1[nH]c(-c2ccc3occc3c2)c(O)c1CN. The van der Waals surface area contributed by atoms with Gasteiger partial charge in [-0.15, -0.1) is 0 Å². The van der Waals surface area contributed by atoms with E-state index in [-0.39, 0.29) is 5.75 Å². The minimum absolute atomic E-state index is 0.234. The van der Waals surface area contributed by atoms with E-state index in [4.69, 9.17) is 10.2 Å². The number of benzene rings is 1. The molecule has 2 heterocycles. The van der Waals surface area contributed by atoms with E-state index in [2.05, 4.69) is 4.98 Å². The minimum atomic E-state index is 0.234. The molecule has 2 aromatic heterocycles. The summed E-state index contributed by atoms with van der Waals surface area (Å²) in [5.74, 6) is 0.234. The van der Waals surface area contributed by atoms with Crippen LogP contribution in [0.5, 0.6) is 5.75 Å². The van der Waals surface area contributed by atoms with E-state index in [1.54, 1.807) is 6.26 Å². The third-order valence-electron chi connectivity index (χ3n) is 3.23. The molecule has 0 bridgehead atoms. The lowest BCUT2D eigenvalue weighted by Gasteiger charge is -2.00. The van der Waals surface area contributed by atoms with Crippen molar-refractivity contribution < 1.29 is 9.52 Å². The zero-order valence-electron chi connectivity index (χ0n) is 10.0. The molecule has 0 amide bonds. The molecular formula is C14H14N2O2. The summed E-state index contributed by atoms with van der Waals surface area (Å²) in [6.45, 7) is 2.23. The van der Waals surface area contributed by atoms with Crippen LogP contribution in [0.25, 0.3) is 22.2 Å². The molecular weight excluding hydrogens is 228 g/mol. The van der Waals surface area contributed by atoms with E-state index in [1.807, 2.05) is 31.2 Å². The first kappa shape index (κ1) is 10.9. The van der Waals surface area contributed by atoms with Crippen molar-refractivity contribution in [2.45, 2.75) is 13.5 Å². The van der Waals surface area contributed by atoms with Gasteiger partial charge in [0.2, 0.25) is 0 Å². The topological polar surface area (TPSA) is 75.2 Å². The van der Waals surface area contributed by atoms with Crippen LogP contribution >= 0.6 is 0 Å². The molecule has 4 nitrogen and oxygen atoms in total. The first-order chi connectivity index (χ1) is 8.70. The Kier molecular flexibility index (Phi) is 2.38. The number of hydrogen-bond acceptors (Lipinski definition) is 3. The molecule has 4 N–H and O–H groups in total. The molecule has 0 unspecified atom stereocenters. The van der Waals surface area contributed by atoms with Crippen LogP contribution in [-0.4, -0.2) is 10.1 Å². The van der Waals surface area contributed by atoms with E-state index in [9.17, 15) is 5.11 Å². The minimum Gasteiger partial charge on any atom is -0.505 e. The van der Waals surface area contributed by atoms with E-state index in [1.165, 1.54) is 0 Å². The third kappa shape index (κ3) is 1.50. The first-order valence-electron chi connectivity index (χ1n) is 5.79. The predicted molar refractivity (Wildman–Crippen MR) is 70.3 cm³/mol. The van der Waals surface area contributed by atoms with Gasteiger partial charge in [0.1, 0.15) is 11.3 Å². The quantitative estimate of drug-likeness (QED) is 0.646. The summed E-state index contributed by atoms with van der Waals surface area (Å²) in [6.07, 6.45) is 1.65. The second kappa shape index (κ2) is 3.92. The number of hydrogen-bond donors (Lipinski definition) is 3. The summed E-state index contributed by atoms with van der Waals surface area (Å²) in [5, 5.41) is 11.2. The van der Waals surface area contributed by atoms with Crippen molar-refractivity contribution >= 4 is 11.0 Å². The molecule has 0 aliphatic carbocycles. The monoisotopic (exact) mass is 242 g/mol. The summed E-state index contributed by atoms with van der Waals surface area (Å²) in [7, 11) is 0. The largest absolute Gasteiger partial charge is 0.505 e. The van der Waals surface area contributed by atoms with Crippen molar-refractivity contribution in [3.8, 4) is 17.0 Å². The highest BCUT2D eigenvalue weighted by atomic mass is 16.3. The summed E-state index contributed by atoms with van der Waals surface area (Å²) >= 11 is 0. The normalized spacial score (nSPS) is 11.2. The maximum absolute atomic E-state index is 10.2. The zero-order chi connectivity index (χ0) is 12.7. The Balaban J connectivity index is 2.19. The van der Waals surface area contributed by atoms with Crippen LogP contribution < -0.4 is 5.73 Å². The maximum Gasteiger partial charge on any atom is 0.145 e. The smallest absolute Gasteiger partial charge is 0.145 e. The van der Waals surface area contributed by atoms with Crippen LogP contribution in [0.2, 0.25) is 0 Å². The van der Waals surface area contributed by atoms with Gasteiger partial charge >= 0.3 is 0 Å². The lowest BCUT2D eigenvalue weighted by Crippen LogP contribution is -1.96. The lowest BCUT2D eigenvalue weighted by molar-refractivity contribution is 0.472. The average molecular weight is 242 g/mol. The summed E-state index contributed by atoms with van der Waals surface area (Å²) in [4.78, 5) is 3.18. The number of furan rings is 1. The molecule has 18 heavy (non-hydrogen) atoms. The molecule has 0 saturated carbocycles. The second-order valence-corrected chi connectivity index (χ2v) is 4.33. The van der Waals surface area contributed by atoms with Gasteiger partial charge in [-0.3, -0.25) is 0 Å². The van der Waals surface area contributed by atoms with Crippen LogP contribution in [0.3, 0.4) is 0 Å². The number of aryl methyl sites for hydroxylation is 1. The Morgan fingerprint density at radius 3 is 2.89 bits per heavy atom. The second-order valence-electron chi connectivity index (χ2n) is 4.33. The lowest BCUT2D eigenvalue weighted by atomic mass is 10.1. The van der Waals surface area contributed by atoms with Crippen molar-refractivity contribution in [1.82, 2.24) is 4.98 Å². The fourth-order valence-corrected chi connectivity index (χ4v) is 2.23. The molecule has 0 atom stereocenters. The highest BCUT2D eigenvalue weighted by Crippen LogP contribution is 2.35. The van der Waals surface area contributed by atoms with Crippen LogP contribution in [0, 0.1) is 6.92 Å². The summed E-state index contributed by atoms with van der Waals surface area (Å²) < 4.78 is 5.30. The summed E-state index contributed by atoms with van der Waals surface area (Å²) in [6, 6.07) is 7.68. The van der Waals surface area contributed by atoms with Crippen LogP contribution in [0.1, 0.15) is 11.3 Å². The molecule has 0 saturated heterocycles. The number of aromatic hydroxyl groups is 1. The standard InChI is InChI=1S/C14H14N2O2/c1-8-11(7-15)14(17)13(16-8)10-2-3-12-9(6-10)4-5-18-12/h2-6,16-17H,7,15H2,1H3. The van der Waals surface area contributed by atoms with Gasteiger partial charge in [0, 0.05) is 28.8 Å². The molecule has 0 aliphatic heterocycles. The Morgan fingerprint density at radius 2 is 2.17 bits per heavy atom. The number of nitrogens with two attached hydrogens (primary N) is 1. The summed E-state index contributed by atoms with van der Waals surface area (Å²) in [5.41, 5.74) is 9.74. The Morgan fingerprint density at radius 1 is 1.33 bits per heavy atom. The van der Waals surface area contributed by atoms with Crippen LogP contribution in [-0.2, 0) is 6.54 Å². The van der Waals surface area contributed by atoms with Crippen LogP contribution in [0.15, 0.2) is 34.9 Å². The molecule has 0 spiro atoms. The highest BCUT2D eigenvalue weighted by molar-refractivity contribution is 5.84. The van der Waals surface area contributed by atoms with Gasteiger partial charge in [-0.05, 0) is 31.2 Å². The van der Waals surface area contributed by atoms with Gasteiger partial charge in [0.15, 0.2) is 0 Å². The van der Waals surface area contributed by atoms with Gasteiger partial charge in [0.25, 0.3) is 0 Å². The molecule has 92 valence electrons. The van der Waals surface area contributed by atoms with Crippen molar-refractivity contribution in [3.63, 3.8) is 0 Å². The molecule has 1 aromatic carbocycles. The molecule has 4 heteroatoms. The Labute approximate surface area is 104 Å². The van der Waals surface area contributed by atoms with Crippen molar-refractivity contribution in [2.75, 3.05) is 0 Å². The van der Waals surface area contributed by atoms with Gasteiger partial charge in [-0.1, -0.05) is 0 Å². The third-order valence-corrected chi connectivity index (χ3v) is 3.23. The number of aromatic nitrogens is 1. The molecule has 3 aromatic rings. The average Bonchev–Trinajstić information content (AvgIpc) is 2.93. The van der Waals surface area contributed by atoms with Gasteiger partial charge in [-0.25, -0.2) is 0 Å².